The van der Waals surface area contributed by atoms with Gasteiger partial charge in [0.25, 0.3) is 0 Å². The zero-order valence-electron chi connectivity index (χ0n) is 17.2. The molecular formula is C25H20N4OS. The average Bonchev–Trinajstić information content (AvgIpc) is 3.39. The minimum absolute atomic E-state index is 0.753. The summed E-state index contributed by atoms with van der Waals surface area (Å²) in [6.07, 6.45) is 5.31. The van der Waals surface area contributed by atoms with Crippen molar-refractivity contribution in [3.63, 3.8) is 0 Å². The molecule has 0 N–H and O–H groups in total. The van der Waals surface area contributed by atoms with E-state index in [1.54, 1.807) is 18.6 Å². The van der Waals surface area contributed by atoms with Crippen LogP contribution in [0.1, 0.15) is 16.7 Å². The summed E-state index contributed by atoms with van der Waals surface area (Å²) in [5, 5.41) is 7.82. The van der Waals surface area contributed by atoms with E-state index in [9.17, 15) is 0 Å². The van der Waals surface area contributed by atoms with Crippen molar-refractivity contribution in [2.75, 3.05) is 0 Å². The van der Waals surface area contributed by atoms with Crippen molar-refractivity contribution >= 4 is 34.2 Å². The molecule has 0 aliphatic rings. The smallest absolute Gasteiger partial charge is 0.211 e. The van der Waals surface area contributed by atoms with Crippen LogP contribution in [-0.2, 0) is 0 Å². The molecular weight excluding hydrogens is 404 g/mol. The summed E-state index contributed by atoms with van der Waals surface area (Å²) in [4.78, 5) is 9.86. The van der Waals surface area contributed by atoms with E-state index in [4.69, 9.17) is 14.5 Å². The Morgan fingerprint density at radius 1 is 1.03 bits per heavy atom. The van der Waals surface area contributed by atoms with Crippen LogP contribution in [-0.4, -0.2) is 15.9 Å². The number of fused-ring (bicyclic) bond motifs is 1. The molecule has 3 heterocycles. The van der Waals surface area contributed by atoms with Gasteiger partial charge in [0.2, 0.25) is 4.80 Å². The van der Waals surface area contributed by atoms with Crippen LogP contribution in [0.2, 0.25) is 0 Å². The van der Waals surface area contributed by atoms with Gasteiger partial charge in [0.05, 0.1) is 11.9 Å². The van der Waals surface area contributed by atoms with Gasteiger partial charge in [-0.3, -0.25) is 4.98 Å². The number of nitrogens with zero attached hydrogens (tertiary/aromatic N) is 4. The van der Waals surface area contributed by atoms with E-state index in [1.165, 1.54) is 16.9 Å². The van der Waals surface area contributed by atoms with Crippen LogP contribution < -0.4 is 4.80 Å². The molecule has 0 fully saturated rings. The summed E-state index contributed by atoms with van der Waals surface area (Å²) in [5.41, 5.74) is 5.83. The Morgan fingerprint density at radius 2 is 1.94 bits per heavy atom. The summed E-state index contributed by atoms with van der Waals surface area (Å²) in [5.74, 6) is 0.753. The third-order valence-electron chi connectivity index (χ3n) is 4.95. The van der Waals surface area contributed by atoms with Gasteiger partial charge >= 0.3 is 0 Å². The van der Waals surface area contributed by atoms with Crippen LogP contribution in [0, 0.1) is 13.8 Å². The van der Waals surface area contributed by atoms with Gasteiger partial charge in [-0.15, -0.1) is 11.3 Å². The minimum atomic E-state index is 0.753. The molecule has 0 unspecified atom stereocenters. The fourth-order valence-electron chi connectivity index (χ4n) is 3.29. The highest BCUT2D eigenvalue weighted by Crippen LogP contribution is 2.28. The van der Waals surface area contributed by atoms with Gasteiger partial charge in [0.15, 0.2) is 5.76 Å². The lowest BCUT2D eigenvalue weighted by Crippen LogP contribution is -2.11. The van der Waals surface area contributed by atoms with Crippen LogP contribution in [0.15, 0.2) is 92.9 Å². The number of rotatable bonds is 4. The Bertz CT molecular complexity index is 1420. The molecule has 31 heavy (non-hydrogen) atoms. The first-order valence-corrected chi connectivity index (χ1v) is 10.8. The molecule has 6 heteroatoms. The van der Waals surface area contributed by atoms with Crippen molar-refractivity contribution in [3.8, 4) is 11.5 Å². The number of hydrogen-bond acceptors (Lipinski definition) is 5. The number of para-hydroxylation sites is 1. The molecule has 3 aromatic heterocycles. The zero-order valence-corrected chi connectivity index (χ0v) is 18.0. The molecule has 0 amide bonds. The Hall–Kier alpha value is -3.77. The summed E-state index contributed by atoms with van der Waals surface area (Å²) in [7, 11) is 0. The van der Waals surface area contributed by atoms with Crippen molar-refractivity contribution < 1.29 is 4.42 Å². The highest BCUT2D eigenvalue weighted by Gasteiger charge is 2.13. The van der Waals surface area contributed by atoms with Crippen molar-refractivity contribution in [2.24, 2.45) is 10.1 Å². The van der Waals surface area contributed by atoms with Gasteiger partial charge in [-0.25, -0.2) is 9.67 Å². The van der Waals surface area contributed by atoms with Gasteiger partial charge in [-0.2, -0.15) is 5.10 Å². The van der Waals surface area contributed by atoms with E-state index in [0.717, 1.165) is 44.0 Å². The average molecular weight is 425 g/mol. The van der Waals surface area contributed by atoms with E-state index in [-0.39, 0.29) is 0 Å². The quantitative estimate of drug-likeness (QED) is 0.328. The molecule has 0 atom stereocenters. The van der Waals surface area contributed by atoms with Crippen molar-refractivity contribution in [1.29, 1.82) is 0 Å². The highest BCUT2D eigenvalue weighted by molar-refractivity contribution is 7.07. The first-order chi connectivity index (χ1) is 15.2. The van der Waals surface area contributed by atoms with E-state index in [0.29, 0.717) is 0 Å². The molecule has 5 aromatic rings. The molecule has 0 aliphatic heterocycles. The maximum Gasteiger partial charge on any atom is 0.211 e. The Morgan fingerprint density at radius 3 is 2.77 bits per heavy atom. The lowest BCUT2D eigenvalue weighted by molar-refractivity contribution is 0.622. The second kappa shape index (κ2) is 8.16. The standard InChI is InChI=1S/C25H20N4OS/c1-17-9-10-18(2)21(12-17)28-25-29(27-15-19-6-5-11-26-14-19)22(16-31-25)24-13-20-7-3-4-8-23(20)30-24/h3-16H,1-2H3. The van der Waals surface area contributed by atoms with E-state index in [2.05, 4.69) is 37.0 Å². The number of furan rings is 1. The summed E-state index contributed by atoms with van der Waals surface area (Å²) in [6, 6.07) is 20.1. The van der Waals surface area contributed by atoms with Crippen LogP contribution >= 0.6 is 11.3 Å². The van der Waals surface area contributed by atoms with Gasteiger partial charge in [0, 0.05) is 28.7 Å². The molecule has 5 nitrogen and oxygen atoms in total. The van der Waals surface area contributed by atoms with E-state index >= 15 is 0 Å². The Kier molecular flexibility index (Phi) is 5.06. The molecule has 0 aliphatic carbocycles. The van der Waals surface area contributed by atoms with Crippen LogP contribution in [0.3, 0.4) is 0 Å². The van der Waals surface area contributed by atoms with Crippen molar-refractivity contribution in [2.45, 2.75) is 13.8 Å². The first-order valence-electron chi connectivity index (χ1n) is 9.93. The number of pyridine rings is 1. The number of aryl methyl sites for hydroxylation is 2. The van der Waals surface area contributed by atoms with Gasteiger partial charge in [-0.05, 0) is 49.2 Å². The molecule has 0 spiro atoms. The number of benzene rings is 2. The van der Waals surface area contributed by atoms with Crippen LogP contribution in [0.5, 0.6) is 0 Å². The second-order valence-electron chi connectivity index (χ2n) is 7.30. The van der Waals surface area contributed by atoms with E-state index in [1.807, 2.05) is 52.5 Å². The molecule has 0 radical (unpaired) electrons. The molecule has 152 valence electrons. The molecule has 0 saturated carbocycles. The van der Waals surface area contributed by atoms with E-state index < -0.39 is 0 Å². The third-order valence-corrected chi connectivity index (χ3v) is 5.77. The first kappa shape index (κ1) is 19.2. The lowest BCUT2D eigenvalue weighted by atomic mass is 10.1. The maximum absolute atomic E-state index is 6.11. The topological polar surface area (TPSA) is 55.7 Å². The molecule has 2 aromatic carbocycles. The van der Waals surface area contributed by atoms with Gasteiger partial charge < -0.3 is 4.42 Å². The fourth-order valence-corrected chi connectivity index (χ4v) is 4.12. The minimum Gasteiger partial charge on any atom is -0.454 e. The number of thiazole rings is 1. The fraction of sp³-hybridized carbons (Fsp3) is 0.0800. The van der Waals surface area contributed by atoms with Crippen molar-refractivity contribution in [1.82, 2.24) is 9.66 Å². The summed E-state index contributed by atoms with van der Waals surface area (Å²) >= 11 is 1.53. The zero-order chi connectivity index (χ0) is 21.2. The molecule has 5 rings (SSSR count). The Labute approximate surface area is 183 Å². The maximum atomic E-state index is 6.11. The van der Waals surface area contributed by atoms with Gasteiger partial charge in [-0.1, -0.05) is 36.4 Å². The number of hydrogen-bond donors (Lipinski definition) is 0. The SMILES string of the molecule is Cc1ccc(C)c(N=c2scc(-c3cc4ccccc4o3)n2N=Cc2cccnc2)c1. The molecule has 0 bridgehead atoms. The van der Waals surface area contributed by atoms with Crippen LogP contribution in [0.25, 0.3) is 22.4 Å². The van der Waals surface area contributed by atoms with Gasteiger partial charge in [0.1, 0.15) is 11.3 Å². The molecule has 0 saturated heterocycles. The third kappa shape index (κ3) is 3.98. The predicted octanol–water partition coefficient (Wildman–Crippen LogP) is 6.09. The predicted molar refractivity (Wildman–Crippen MR) is 126 cm³/mol. The number of aromatic nitrogens is 2. The Balaban J connectivity index is 1.69. The summed E-state index contributed by atoms with van der Waals surface area (Å²) < 4.78 is 7.94. The lowest BCUT2D eigenvalue weighted by Gasteiger charge is -2.03. The summed E-state index contributed by atoms with van der Waals surface area (Å²) in [6.45, 7) is 4.14. The monoisotopic (exact) mass is 424 g/mol. The largest absolute Gasteiger partial charge is 0.454 e. The highest BCUT2D eigenvalue weighted by atomic mass is 32.1. The van der Waals surface area contributed by atoms with Crippen molar-refractivity contribution in [3.05, 3.63) is 99.9 Å². The second-order valence-corrected chi connectivity index (χ2v) is 8.13. The van der Waals surface area contributed by atoms with Crippen LogP contribution in [0.4, 0.5) is 5.69 Å². The normalized spacial score (nSPS) is 12.3.